The van der Waals surface area contributed by atoms with Crippen molar-refractivity contribution in [1.82, 2.24) is 0 Å². The summed E-state index contributed by atoms with van der Waals surface area (Å²) in [6.45, 7) is 0. The Morgan fingerprint density at radius 2 is 2.00 bits per heavy atom. The maximum atomic E-state index is 12.0. The van der Waals surface area contributed by atoms with Gasteiger partial charge in [-0.3, -0.25) is 0 Å². The van der Waals surface area contributed by atoms with Crippen molar-refractivity contribution in [2.45, 2.75) is 12.6 Å². The van der Waals surface area contributed by atoms with E-state index in [-0.39, 0.29) is 5.69 Å². The summed E-state index contributed by atoms with van der Waals surface area (Å²) < 4.78 is 40.9. The molecule has 0 aliphatic heterocycles. The van der Waals surface area contributed by atoms with E-state index in [9.17, 15) is 13.2 Å². The van der Waals surface area contributed by atoms with Crippen LogP contribution in [0.5, 0.6) is 5.75 Å². The average Bonchev–Trinajstić information content (AvgIpc) is 2.15. The van der Waals surface area contributed by atoms with Crippen LogP contribution in [0.3, 0.4) is 0 Å². The van der Waals surface area contributed by atoms with E-state index in [1.54, 1.807) is 18.2 Å². The van der Waals surface area contributed by atoms with Gasteiger partial charge in [0, 0.05) is 0 Å². The molecule has 0 aromatic heterocycles. The molecule has 0 saturated heterocycles. The number of hydrogen-bond donors (Lipinski definition) is 0. The zero-order chi connectivity index (χ0) is 12.2. The van der Waals surface area contributed by atoms with Gasteiger partial charge in [-0.25, -0.2) is 4.99 Å². The molecule has 0 spiro atoms. The van der Waals surface area contributed by atoms with Crippen LogP contribution in [0.1, 0.15) is 6.42 Å². The van der Waals surface area contributed by atoms with Crippen molar-refractivity contribution in [3.8, 4) is 5.75 Å². The van der Waals surface area contributed by atoms with E-state index >= 15 is 0 Å². The van der Waals surface area contributed by atoms with Crippen LogP contribution in [0.2, 0.25) is 0 Å². The Balaban J connectivity index is 2.89. The quantitative estimate of drug-likeness (QED) is 0.746. The number of benzene rings is 1. The van der Waals surface area contributed by atoms with Crippen molar-refractivity contribution >= 4 is 22.5 Å². The molecule has 0 amide bonds. The molecule has 0 radical (unpaired) electrons. The van der Waals surface area contributed by atoms with Crippen LogP contribution in [0.15, 0.2) is 29.3 Å². The normalized spacial score (nSPS) is 12.7. The van der Waals surface area contributed by atoms with Gasteiger partial charge in [-0.2, -0.15) is 13.2 Å². The summed E-state index contributed by atoms with van der Waals surface area (Å²) in [5.74, 6) is 0.378. The lowest BCUT2D eigenvalue weighted by atomic mass is 10.3. The molecule has 0 heterocycles. The summed E-state index contributed by atoms with van der Waals surface area (Å²) in [7, 11) is 1.41. The lowest BCUT2D eigenvalue weighted by molar-refractivity contribution is -0.120. The molecule has 0 aliphatic carbocycles. The molecule has 88 valence electrons. The Kier molecular flexibility index (Phi) is 4.18. The smallest absolute Gasteiger partial charge is 0.395 e. The molecule has 0 unspecified atom stereocenters. The fourth-order valence-corrected chi connectivity index (χ4v) is 1.30. The molecule has 6 heteroatoms. The second kappa shape index (κ2) is 5.21. The van der Waals surface area contributed by atoms with Crippen LogP contribution in [-0.2, 0) is 0 Å². The molecule has 0 bridgehead atoms. The van der Waals surface area contributed by atoms with Crippen LogP contribution in [0, 0.1) is 0 Å². The molecule has 1 aromatic carbocycles. The van der Waals surface area contributed by atoms with Gasteiger partial charge in [-0.1, -0.05) is 23.7 Å². The van der Waals surface area contributed by atoms with Crippen LogP contribution in [0.4, 0.5) is 18.9 Å². The fraction of sp³-hybridized carbons (Fsp3) is 0.300. The highest BCUT2D eigenvalue weighted by molar-refractivity contribution is 6.65. The topological polar surface area (TPSA) is 21.6 Å². The van der Waals surface area contributed by atoms with E-state index < -0.39 is 17.8 Å². The second-order valence-electron chi connectivity index (χ2n) is 2.95. The van der Waals surface area contributed by atoms with Crippen molar-refractivity contribution in [1.29, 1.82) is 0 Å². The molecule has 0 N–H and O–H groups in total. The summed E-state index contributed by atoms with van der Waals surface area (Å²) in [6.07, 6.45) is -5.60. The third-order valence-electron chi connectivity index (χ3n) is 1.67. The molecule has 1 aromatic rings. The average molecular weight is 252 g/mol. The molecule has 0 aliphatic rings. The van der Waals surface area contributed by atoms with Gasteiger partial charge < -0.3 is 4.74 Å². The maximum Gasteiger partial charge on any atom is 0.395 e. The molecule has 0 saturated carbocycles. The summed E-state index contributed by atoms with van der Waals surface area (Å²) in [5, 5.41) is -0.517. The summed E-state index contributed by atoms with van der Waals surface area (Å²) in [4.78, 5) is 3.65. The Morgan fingerprint density at radius 1 is 1.38 bits per heavy atom. The summed E-state index contributed by atoms with van der Waals surface area (Å²) >= 11 is 5.40. The number of nitrogens with zero attached hydrogens (tertiary/aromatic N) is 1. The van der Waals surface area contributed by atoms with Crippen LogP contribution >= 0.6 is 11.6 Å². The van der Waals surface area contributed by atoms with E-state index in [0.29, 0.717) is 5.75 Å². The number of halogens is 4. The van der Waals surface area contributed by atoms with Crippen molar-refractivity contribution in [2.75, 3.05) is 7.11 Å². The van der Waals surface area contributed by atoms with E-state index in [4.69, 9.17) is 16.3 Å². The predicted molar refractivity (Wildman–Crippen MR) is 56.6 cm³/mol. The maximum absolute atomic E-state index is 12.0. The highest BCUT2D eigenvalue weighted by Gasteiger charge is 2.29. The zero-order valence-electron chi connectivity index (χ0n) is 8.38. The second-order valence-corrected chi connectivity index (χ2v) is 3.39. The monoisotopic (exact) mass is 251 g/mol. The van der Waals surface area contributed by atoms with Crippen LogP contribution in [0.25, 0.3) is 0 Å². The third-order valence-corrected chi connectivity index (χ3v) is 1.89. The highest BCUT2D eigenvalue weighted by Crippen LogP contribution is 2.29. The van der Waals surface area contributed by atoms with Gasteiger partial charge in [0.15, 0.2) is 0 Å². The van der Waals surface area contributed by atoms with E-state index in [2.05, 4.69) is 4.99 Å². The number of methoxy groups -OCH3 is 1. The minimum Gasteiger partial charge on any atom is -0.494 e. The molecule has 0 fully saturated rings. The Bertz CT molecular complexity index is 390. The van der Waals surface area contributed by atoms with Crippen molar-refractivity contribution in [2.24, 2.45) is 4.99 Å². The van der Waals surface area contributed by atoms with E-state index in [0.717, 1.165) is 0 Å². The van der Waals surface area contributed by atoms with Crippen LogP contribution in [-0.4, -0.2) is 18.5 Å². The first-order valence-corrected chi connectivity index (χ1v) is 4.73. The van der Waals surface area contributed by atoms with E-state index in [1.807, 2.05) is 0 Å². The van der Waals surface area contributed by atoms with Crippen molar-refractivity contribution in [3.05, 3.63) is 24.3 Å². The number of hydrogen-bond acceptors (Lipinski definition) is 2. The van der Waals surface area contributed by atoms with Gasteiger partial charge in [0.2, 0.25) is 0 Å². The number of rotatable bonds is 3. The highest BCUT2D eigenvalue weighted by atomic mass is 35.5. The summed E-state index contributed by atoms with van der Waals surface area (Å²) in [5.41, 5.74) is 0.277. The number of alkyl halides is 3. The zero-order valence-corrected chi connectivity index (χ0v) is 9.14. The predicted octanol–water partition coefficient (Wildman–Crippen LogP) is 3.92. The first-order chi connectivity index (χ1) is 7.42. The number of para-hydroxylation sites is 2. The van der Waals surface area contributed by atoms with Crippen molar-refractivity contribution < 1.29 is 17.9 Å². The first kappa shape index (κ1) is 12.8. The molecule has 1 rings (SSSR count). The lowest BCUT2D eigenvalue weighted by Gasteiger charge is -2.06. The first-order valence-electron chi connectivity index (χ1n) is 4.35. The minimum atomic E-state index is -4.36. The number of ether oxygens (including phenoxy) is 1. The van der Waals surface area contributed by atoms with Crippen molar-refractivity contribution in [3.63, 3.8) is 0 Å². The molecule has 16 heavy (non-hydrogen) atoms. The summed E-state index contributed by atoms with van der Waals surface area (Å²) in [6, 6.07) is 6.45. The molecule has 2 nitrogen and oxygen atoms in total. The molecular formula is C10H9ClF3NO. The van der Waals surface area contributed by atoms with Gasteiger partial charge >= 0.3 is 6.18 Å². The van der Waals surface area contributed by atoms with Crippen LogP contribution < -0.4 is 4.74 Å². The standard InChI is InChI=1S/C10H9ClF3NO/c1-16-8-5-3-2-4-7(8)15-9(11)6-10(12,13)14/h2-5H,6H2,1H3. The fourth-order valence-electron chi connectivity index (χ4n) is 1.06. The Hall–Kier alpha value is -1.23. The number of aliphatic imine (C=N–C) groups is 1. The van der Waals surface area contributed by atoms with Gasteiger partial charge in [-0.05, 0) is 12.1 Å². The molecule has 0 atom stereocenters. The van der Waals surface area contributed by atoms with Gasteiger partial charge in [-0.15, -0.1) is 0 Å². The van der Waals surface area contributed by atoms with Gasteiger partial charge in [0.05, 0.1) is 13.5 Å². The SMILES string of the molecule is COc1ccccc1N=C(Cl)CC(F)(F)F. The third kappa shape index (κ3) is 4.10. The van der Waals surface area contributed by atoms with E-state index in [1.165, 1.54) is 13.2 Å². The largest absolute Gasteiger partial charge is 0.494 e. The Morgan fingerprint density at radius 3 is 2.56 bits per heavy atom. The minimum absolute atomic E-state index is 0.277. The Labute approximate surface area is 95.7 Å². The van der Waals surface area contributed by atoms with Gasteiger partial charge in [0.25, 0.3) is 0 Å². The molecular weight excluding hydrogens is 243 g/mol. The van der Waals surface area contributed by atoms with Gasteiger partial charge in [0.1, 0.15) is 16.6 Å². The lowest BCUT2D eigenvalue weighted by Crippen LogP contribution is -2.10.